The number of aliphatic hydroxyl groups is 1. The Kier molecular flexibility index (Phi) is 31.3. The van der Waals surface area contributed by atoms with E-state index in [9.17, 15) is 61.3 Å². The van der Waals surface area contributed by atoms with Crippen molar-refractivity contribution in [2.45, 2.75) is 95.1 Å². The van der Waals surface area contributed by atoms with Gasteiger partial charge in [0.05, 0.1) is 20.8 Å². The van der Waals surface area contributed by atoms with E-state index in [1.165, 1.54) is 49.6 Å². The van der Waals surface area contributed by atoms with E-state index in [0.717, 1.165) is 61.2 Å². The van der Waals surface area contributed by atoms with Gasteiger partial charge >= 0.3 is 0 Å². The number of phenolic OH excluding ortho intramolecular Hbond substituents is 11. The minimum atomic E-state index is -0.199. The standard InChI is InChI=1S/C24H28O4.C21H24O4.C20H22O4.C19H20O4/c1-15(2)5-10-19-18(9-7-17-8-12-21(25)23(27)13-17)14-22(26)20(24(19)28)11-6-16(3)4;1-14(2)4-8-19-16(11-18(23)12-17(19)13-22)7-5-15-6-9-20(24)21(10-15)25-3;1-14(2)8-9-24-18-11-16(10-17(21)13-18)5-4-15-6-7-19(22)20(12-15)23-3;1-13(2)7-8-23-17-10-15(9-16(20)12-17)4-3-14-5-6-18(21)19(22)11-14/h5-9,12-14,25-28H,10-11H2,1-4H3;4-7,9-12,22-24H,8,13H2,1-3H3;4-8,10-13,21-22H,9H2,1-3H3;3-7,9-12,20-22H,8H2,1-2H3/b9-7+;7-5+;5-4+;4-3+. The van der Waals surface area contributed by atoms with Crippen LogP contribution >= 0.6 is 0 Å². The number of rotatable bonds is 23. The lowest BCUT2D eigenvalue weighted by atomic mass is 9.95. The van der Waals surface area contributed by atoms with Crippen molar-refractivity contribution in [3.05, 3.63) is 252 Å². The highest BCUT2D eigenvalue weighted by Gasteiger charge is 2.16. The first kappa shape index (κ1) is 79.1. The Morgan fingerprint density at radius 3 is 1.05 bits per heavy atom. The van der Waals surface area contributed by atoms with E-state index in [2.05, 4.69) is 6.08 Å². The molecule has 0 radical (unpaired) electrons. The van der Waals surface area contributed by atoms with Gasteiger partial charge in [-0.05, 0) is 247 Å². The first-order valence-electron chi connectivity index (χ1n) is 32.2. The highest BCUT2D eigenvalue weighted by molar-refractivity contribution is 5.77. The number of benzene rings is 8. The molecular formula is C84H94O16. The molecule has 8 aromatic carbocycles. The van der Waals surface area contributed by atoms with Gasteiger partial charge in [-0.2, -0.15) is 0 Å². The van der Waals surface area contributed by atoms with Crippen molar-refractivity contribution < 1.29 is 80.2 Å². The van der Waals surface area contributed by atoms with Crippen molar-refractivity contribution in [3.63, 3.8) is 0 Å². The van der Waals surface area contributed by atoms with Gasteiger partial charge < -0.3 is 80.2 Å². The number of aromatic hydroxyl groups is 11. The molecule has 8 aromatic rings. The molecule has 0 saturated carbocycles. The quantitative estimate of drug-likeness (QED) is 0.0161. The maximum absolute atomic E-state index is 10.8. The third-order valence-electron chi connectivity index (χ3n) is 14.8. The summed E-state index contributed by atoms with van der Waals surface area (Å²) >= 11 is 0. The zero-order chi connectivity index (χ0) is 73.6. The third-order valence-corrected chi connectivity index (χ3v) is 14.8. The van der Waals surface area contributed by atoms with Crippen LogP contribution in [0, 0.1) is 0 Å². The van der Waals surface area contributed by atoms with Crippen LogP contribution in [0.2, 0.25) is 0 Å². The molecule has 0 bridgehead atoms. The van der Waals surface area contributed by atoms with Crippen LogP contribution in [-0.4, -0.2) is 88.7 Å². The molecule has 16 heteroatoms. The van der Waals surface area contributed by atoms with Crippen molar-refractivity contribution in [2.75, 3.05) is 27.4 Å². The molecule has 526 valence electrons. The molecule has 100 heavy (non-hydrogen) atoms. The first-order chi connectivity index (χ1) is 47.5. The molecule has 0 unspecified atom stereocenters. The Morgan fingerprint density at radius 1 is 0.310 bits per heavy atom. The molecule has 0 heterocycles. The Labute approximate surface area is 587 Å². The van der Waals surface area contributed by atoms with Crippen molar-refractivity contribution in [1.29, 1.82) is 0 Å². The lowest BCUT2D eigenvalue weighted by Gasteiger charge is -2.14. The van der Waals surface area contributed by atoms with Crippen LogP contribution in [0.25, 0.3) is 48.6 Å². The summed E-state index contributed by atoms with van der Waals surface area (Å²) in [4.78, 5) is 0. The lowest BCUT2D eigenvalue weighted by molar-refractivity contribution is 0.280. The SMILES string of the molecule is CC(C)=CCOc1cc(O)cc(/C=C/c2ccc(O)c(O)c2)c1.CC(C)=CCc1c(O)cc(/C=C/c2ccc(O)c(O)c2)c(CC=C(C)C)c1O.COc1cc(/C=C/c2cc(O)cc(CO)c2CC=C(C)C)ccc1O.COc1cc(/C=C/c2cc(O)cc(OCC=C(C)C)c2)ccc1O. The molecule has 16 nitrogen and oxygen atoms in total. The zero-order valence-corrected chi connectivity index (χ0v) is 58.9. The van der Waals surface area contributed by atoms with E-state index < -0.39 is 0 Å². The number of aliphatic hydroxyl groups excluding tert-OH is 1. The summed E-state index contributed by atoms with van der Waals surface area (Å²) in [5.41, 5.74) is 15.0. The third kappa shape index (κ3) is 26.8. The van der Waals surface area contributed by atoms with E-state index in [1.807, 2.05) is 130 Å². The fraction of sp³-hybridized carbons (Fsp3) is 0.214. The largest absolute Gasteiger partial charge is 0.508 e. The van der Waals surface area contributed by atoms with Gasteiger partial charge in [0.15, 0.2) is 46.0 Å². The van der Waals surface area contributed by atoms with Gasteiger partial charge in [-0.3, -0.25) is 0 Å². The lowest BCUT2D eigenvalue weighted by Crippen LogP contribution is -1.97. The minimum absolute atomic E-state index is 0.0455. The van der Waals surface area contributed by atoms with Gasteiger partial charge in [0.2, 0.25) is 0 Å². The van der Waals surface area contributed by atoms with Crippen molar-refractivity contribution in [2.24, 2.45) is 0 Å². The minimum Gasteiger partial charge on any atom is -0.508 e. The van der Waals surface area contributed by atoms with E-state index in [0.29, 0.717) is 77.7 Å². The van der Waals surface area contributed by atoms with E-state index in [1.54, 1.807) is 115 Å². The summed E-state index contributed by atoms with van der Waals surface area (Å²) in [6, 6.07) is 34.3. The smallest absolute Gasteiger partial charge is 0.161 e. The van der Waals surface area contributed by atoms with Gasteiger partial charge in [0.1, 0.15) is 53.5 Å². The molecule has 0 aliphatic heterocycles. The number of allylic oxidation sites excluding steroid dienone is 8. The second-order valence-electron chi connectivity index (χ2n) is 24.5. The van der Waals surface area contributed by atoms with Gasteiger partial charge in [-0.15, -0.1) is 0 Å². The Hall–Kier alpha value is -11.6. The summed E-state index contributed by atoms with van der Waals surface area (Å²) in [5, 5.41) is 118. The highest BCUT2D eigenvalue weighted by atomic mass is 16.5. The number of hydrogen-bond donors (Lipinski definition) is 12. The van der Waals surface area contributed by atoms with Crippen LogP contribution in [0.15, 0.2) is 186 Å². The molecule has 12 N–H and O–H groups in total. The maximum Gasteiger partial charge on any atom is 0.161 e. The van der Waals surface area contributed by atoms with Crippen molar-refractivity contribution >= 4 is 48.6 Å². The van der Waals surface area contributed by atoms with Gasteiger partial charge in [-0.25, -0.2) is 0 Å². The monoisotopic (exact) mass is 1360 g/mol. The van der Waals surface area contributed by atoms with E-state index in [4.69, 9.17) is 18.9 Å². The van der Waals surface area contributed by atoms with Crippen LogP contribution < -0.4 is 18.9 Å². The molecule has 0 fully saturated rings. The van der Waals surface area contributed by atoms with Crippen LogP contribution in [0.3, 0.4) is 0 Å². The summed E-state index contributed by atoms with van der Waals surface area (Å²) in [5.74, 6) is 2.01. The number of methoxy groups -OCH3 is 2. The topological polar surface area (TPSA) is 280 Å². The second kappa shape index (κ2) is 39.6. The van der Waals surface area contributed by atoms with Gasteiger partial charge in [0, 0.05) is 23.3 Å². The van der Waals surface area contributed by atoms with E-state index in [-0.39, 0.29) is 69.9 Å². The second-order valence-corrected chi connectivity index (χ2v) is 24.5. The Bertz CT molecular complexity index is 4340. The summed E-state index contributed by atoms with van der Waals surface area (Å²) in [7, 11) is 3.01. The molecular weight excluding hydrogens is 1260 g/mol. The number of phenols is 11. The molecule has 8 rings (SSSR count). The summed E-state index contributed by atoms with van der Waals surface area (Å²) < 4.78 is 21.4. The summed E-state index contributed by atoms with van der Waals surface area (Å²) in [6.07, 6.45) is 26.3. The van der Waals surface area contributed by atoms with Crippen LogP contribution in [0.5, 0.6) is 86.2 Å². The molecule has 0 saturated heterocycles. The van der Waals surface area contributed by atoms with Gasteiger partial charge in [0.25, 0.3) is 0 Å². The van der Waals surface area contributed by atoms with E-state index >= 15 is 0 Å². The van der Waals surface area contributed by atoms with Crippen molar-refractivity contribution in [3.8, 4) is 86.2 Å². The maximum atomic E-state index is 10.8. The van der Waals surface area contributed by atoms with Crippen LogP contribution in [0.1, 0.15) is 136 Å². The average molecular weight is 1360 g/mol. The Morgan fingerprint density at radius 2 is 0.660 bits per heavy atom. The summed E-state index contributed by atoms with van der Waals surface area (Å²) in [6.45, 7) is 20.8. The number of ether oxygens (including phenoxy) is 4. The molecule has 0 aliphatic rings. The first-order valence-corrected chi connectivity index (χ1v) is 32.2. The molecule has 0 spiro atoms. The van der Waals surface area contributed by atoms with Crippen LogP contribution in [-0.2, 0) is 25.9 Å². The molecule has 0 amide bonds. The molecule has 0 atom stereocenters. The van der Waals surface area contributed by atoms with Gasteiger partial charge in [-0.1, -0.05) is 119 Å². The fourth-order valence-electron chi connectivity index (χ4n) is 9.34. The average Bonchev–Trinajstić information content (AvgIpc) is 0.808. The molecule has 0 aliphatic carbocycles. The van der Waals surface area contributed by atoms with Crippen LogP contribution in [0.4, 0.5) is 0 Å². The normalized spacial score (nSPS) is 10.8. The number of hydrogen-bond acceptors (Lipinski definition) is 16. The zero-order valence-electron chi connectivity index (χ0n) is 58.9. The van der Waals surface area contributed by atoms with Crippen molar-refractivity contribution in [1.82, 2.24) is 0 Å². The molecule has 0 aromatic heterocycles. The predicted octanol–water partition coefficient (Wildman–Crippen LogP) is 18.9. The highest BCUT2D eigenvalue weighted by Crippen LogP contribution is 2.38. The Balaban J connectivity index is 0.000000241. The fourth-order valence-corrected chi connectivity index (χ4v) is 9.34. The predicted molar refractivity (Wildman–Crippen MR) is 404 cm³/mol.